The van der Waals surface area contributed by atoms with Crippen LogP contribution in [0.4, 0.5) is 0 Å². The molecule has 1 heterocycles. The molecule has 0 aromatic heterocycles. The Morgan fingerprint density at radius 1 is 1.15 bits per heavy atom. The number of sulfone groups is 1. The minimum absolute atomic E-state index is 0.0599. The number of hydrogen-bond acceptors (Lipinski definition) is 4. The SMILES string of the molecule is O=S1(=O)CC[C@@H](NS(=O)(=O)c2ccc3c(c2)CCC3)C1. The Morgan fingerprint density at radius 2 is 1.90 bits per heavy atom. The van der Waals surface area contributed by atoms with E-state index in [0.717, 1.165) is 24.8 Å². The highest BCUT2D eigenvalue weighted by atomic mass is 32.2. The van der Waals surface area contributed by atoms with Crippen molar-refractivity contribution in [3.63, 3.8) is 0 Å². The lowest BCUT2D eigenvalue weighted by Gasteiger charge is -2.12. The minimum Gasteiger partial charge on any atom is -0.229 e. The topological polar surface area (TPSA) is 80.3 Å². The molecule has 1 saturated heterocycles. The summed E-state index contributed by atoms with van der Waals surface area (Å²) in [5.41, 5.74) is 2.30. The minimum atomic E-state index is -3.63. The van der Waals surface area contributed by atoms with Crippen LogP contribution in [-0.4, -0.2) is 34.4 Å². The third kappa shape index (κ3) is 2.75. The lowest BCUT2D eigenvalue weighted by molar-refractivity contribution is 0.562. The molecule has 1 aliphatic carbocycles. The molecule has 1 atom stereocenters. The smallest absolute Gasteiger partial charge is 0.229 e. The summed E-state index contributed by atoms with van der Waals surface area (Å²) in [7, 11) is -6.72. The van der Waals surface area contributed by atoms with Crippen LogP contribution in [0, 0.1) is 0 Å². The van der Waals surface area contributed by atoms with E-state index in [1.54, 1.807) is 12.1 Å². The van der Waals surface area contributed by atoms with Gasteiger partial charge in [-0.05, 0) is 48.9 Å². The van der Waals surface area contributed by atoms with E-state index < -0.39 is 25.9 Å². The molecule has 20 heavy (non-hydrogen) atoms. The first-order chi connectivity index (χ1) is 9.36. The van der Waals surface area contributed by atoms with Crippen molar-refractivity contribution < 1.29 is 16.8 Å². The molecule has 3 rings (SSSR count). The Hall–Kier alpha value is -0.920. The highest BCUT2D eigenvalue weighted by Gasteiger charge is 2.31. The fraction of sp³-hybridized carbons (Fsp3) is 0.538. The van der Waals surface area contributed by atoms with Crippen molar-refractivity contribution in [3.8, 4) is 0 Å². The monoisotopic (exact) mass is 315 g/mol. The molecule has 7 heteroatoms. The molecule has 0 spiro atoms. The molecular formula is C13H17NO4S2. The molecule has 0 bridgehead atoms. The Morgan fingerprint density at radius 3 is 2.60 bits per heavy atom. The van der Waals surface area contributed by atoms with Crippen molar-refractivity contribution in [1.29, 1.82) is 0 Å². The number of fused-ring (bicyclic) bond motifs is 1. The van der Waals surface area contributed by atoms with Gasteiger partial charge in [0.05, 0.1) is 16.4 Å². The summed E-state index contributed by atoms with van der Waals surface area (Å²) in [5.74, 6) is -0.0401. The van der Waals surface area contributed by atoms with E-state index >= 15 is 0 Å². The number of aryl methyl sites for hydroxylation is 2. The Kier molecular flexibility index (Phi) is 3.38. The summed E-state index contributed by atoms with van der Waals surface area (Å²) in [4.78, 5) is 0.238. The van der Waals surface area contributed by atoms with Crippen molar-refractivity contribution in [2.45, 2.75) is 36.6 Å². The predicted octanol–water partition coefficient (Wildman–Crippen LogP) is 0.641. The average molecular weight is 315 g/mol. The van der Waals surface area contributed by atoms with Crippen molar-refractivity contribution in [1.82, 2.24) is 4.72 Å². The maximum atomic E-state index is 12.3. The van der Waals surface area contributed by atoms with E-state index in [0.29, 0.717) is 6.42 Å². The molecule has 5 nitrogen and oxygen atoms in total. The van der Waals surface area contributed by atoms with E-state index in [1.165, 1.54) is 5.56 Å². The molecular weight excluding hydrogens is 298 g/mol. The van der Waals surface area contributed by atoms with E-state index in [4.69, 9.17) is 0 Å². The standard InChI is InChI=1S/C13H17NO4S2/c15-19(16)7-6-12(9-19)14-20(17,18)13-5-4-10-2-1-3-11(10)8-13/h4-5,8,12,14H,1-3,6-7,9H2/t12-/m1/s1. The van der Waals surface area contributed by atoms with E-state index in [9.17, 15) is 16.8 Å². The molecule has 1 N–H and O–H groups in total. The molecule has 1 fully saturated rings. The van der Waals surface area contributed by atoms with Crippen LogP contribution in [0.2, 0.25) is 0 Å². The zero-order valence-corrected chi connectivity index (χ0v) is 12.6. The van der Waals surface area contributed by atoms with Gasteiger partial charge in [-0.1, -0.05) is 6.07 Å². The number of nitrogens with one attached hydrogen (secondary N) is 1. The molecule has 2 aliphatic rings. The maximum Gasteiger partial charge on any atom is 0.240 e. The first kappa shape index (κ1) is 14.0. The van der Waals surface area contributed by atoms with Gasteiger partial charge < -0.3 is 0 Å². The molecule has 1 aromatic carbocycles. The van der Waals surface area contributed by atoms with Crippen LogP contribution in [0.5, 0.6) is 0 Å². The molecule has 0 amide bonds. The third-order valence-electron chi connectivity index (χ3n) is 3.93. The van der Waals surface area contributed by atoms with Crippen LogP contribution in [0.1, 0.15) is 24.0 Å². The van der Waals surface area contributed by atoms with E-state index in [-0.39, 0.29) is 16.4 Å². The van der Waals surface area contributed by atoms with Crippen molar-refractivity contribution >= 4 is 19.9 Å². The van der Waals surface area contributed by atoms with Gasteiger partial charge in [-0.2, -0.15) is 0 Å². The van der Waals surface area contributed by atoms with Crippen LogP contribution in [0.15, 0.2) is 23.1 Å². The van der Waals surface area contributed by atoms with Crippen LogP contribution in [0.3, 0.4) is 0 Å². The zero-order chi connectivity index (χ0) is 14.4. The van der Waals surface area contributed by atoms with Gasteiger partial charge in [-0.15, -0.1) is 0 Å². The maximum absolute atomic E-state index is 12.3. The van der Waals surface area contributed by atoms with Gasteiger partial charge in [-0.3, -0.25) is 0 Å². The molecule has 0 radical (unpaired) electrons. The second-order valence-corrected chi connectivity index (χ2v) is 9.45. The van der Waals surface area contributed by atoms with Crippen molar-refractivity contribution in [2.24, 2.45) is 0 Å². The van der Waals surface area contributed by atoms with Gasteiger partial charge in [0.15, 0.2) is 9.84 Å². The Labute approximate surface area is 119 Å². The second-order valence-electron chi connectivity index (χ2n) is 5.51. The largest absolute Gasteiger partial charge is 0.240 e. The summed E-state index contributed by atoms with van der Waals surface area (Å²) in [6, 6.07) is 4.69. The first-order valence-corrected chi connectivity index (χ1v) is 10.0. The van der Waals surface area contributed by atoms with Gasteiger partial charge in [0, 0.05) is 6.04 Å². The molecule has 0 unspecified atom stereocenters. The van der Waals surface area contributed by atoms with E-state index in [1.807, 2.05) is 6.07 Å². The summed E-state index contributed by atoms with van der Waals surface area (Å²) < 4.78 is 49.9. The fourth-order valence-corrected chi connectivity index (χ4v) is 5.99. The average Bonchev–Trinajstić information content (AvgIpc) is 2.94. The third-order valence-corrected chi connectivity index (χ3v) is 7.22. The molecule has 110 valence electrons. The summed E-state index contributed by atoms with van der Waals surface area (Å²) in [5, 5.41) is 0. The Balaban J connectivity index is 1.82. The highest BCUT2D eigenvalue weighted by molar-refractivity contribution is 7.92. The molecule has 0 saturated carbocycles. The normalized spacial score (nSPS) is 24.7. The molecule has 1 aromatic rings. The number of benzene rings is 1. The van der Waals surface area contributed by atoms with Crippen LogP contribution < -0.4 is 4.72 Å². The summed E-state index contributed by atoms with van der Waals surface area (Å²) in [6.07, 6.45) is 3.33. The van der Waals surface area contributed by atoms with Gasteiger partial charge in [0.1, 0.15) is 0 Å². The quantitative estimate of drug-likeness (QED) is 0.887. The first-order valence-electron chi connectivity index (χ1n) is 6.70. The number of rotatable bonds is 3. The van der Waals surface area contributed by atoms with Gasteiger partial charge in [0.25, 0.3) is 0 Å². The zero-order valence-electron chi connectivity index (χ0n) is 11.0. The lowest BCUT2D eigenvalue weighted by Crippen LogP contribution is -2.35. The molecule has 1 aliphatic heterocycles. The second kappa shape index (κ2) is 4.82. The number of hydrogen-bond donors (Lipinski definition) is 1. The van der Waals surface area contributed by atoms with Crippen molar-refractivity contribution in [3.05, 3.63) is 29.3 Å². The van der Waals surface area contributed by atoms with Crippen molar-refractivity contribution in [2.75, 3.05) is 11.5 Å². The Bertz CT molecular complexity index is 738. The van der Waals surface area contributed by atoms with Gasteiger partial charge in [-0.25, -0.2) is 21.6 Å². The van der Waals surface area contributed by atoms with Gasteiger partial charge in [0.2, 0.25) is 10.0 Å². The predicted molar refractivity (Wildman–Crippen MR) is 75.8 cm³/mol. The van der Waals surface area contributed by atoms with E-state index in [2.05, 4.69) is 4.72 Å². The van der Waals surface area contributed by atoms with Gasteiger partial charge >= 0.3 is 0 Å². The van der Waals surface area contributed by atoms with Crippen LogP contribution >= 0.6 is 0 Å². The number of sulfonamides is 1. The highest BCUT2D eigenvalue weighted by Crippen LogP contribution is 2.25. The summed E-state index contributed by atoms with van der Waals surface area (Å²) >= 11 is 0. The fourth-order valence-electron chi connectivity index (χ4n) is 2.89. The van der Waals surface area contributed by atoms with Crippen LogP contribution in [0.25, 0.3) is 0 Å². The lowest BCUT2D eigenvalue weighted by atomic mass is 10.1. The summed E-state index contributed by atoms with van der Waals surface area (Å²) in [6.45, 7) is 0. The van der Waals surface area contributed by atoms with Crippen LogP contribution in [-0.2, 0) is 32.7 Å².